The van der Waals surface area contributed by atoms with Gasteiger partial charge in [-0.05, 0) is 25.5 Å². The van der Waals surface area contributed by atoms with E-state index >= 15 is 0 Å². The Labute approximate surface area is 83.3 Å². The molecule has 75 valence electrons. The van der Waals surface area contributed by atoms with Crippen molar-refractivity contribution in [2.45, 2.75) is 26.4 Å². The zero-order chi connectivity index (χ0) is 10.6. The lowest BCUT2D eigenvalue weighted by atomic mass is 10.2. The molecule has 14 heavy (non-hydrogen) atoms. The number of hydrogen-bond acceptors (Lipinski definition) is 2. The highest BCUT2D eigenvalue weighted by atomic mass is 16.5. The molecule has 1 unspecified atom stereocenters. The Hall–Kier alpha value is -1.51. The zero-order valence-corrected chi connectivity index (χ0v) is 8.32. The molecule has 0 amide bonds. The average Bonchev–Trinajstić information content (AvgIpc) is 2.18. The summed E-state index contributed by atoms with van der Waals surface area (Å²) >= 11 is 0. The van der Waals surface area contributed by atoms with Crippen LogP contribution in [0.15, 0.2) is 24.3 Å². The van der Waals surface area contributed by atoms with E-state index in [-0.39, 0.29) is 17.4 Å². The molecular weight excluding hydrogens is 180 g/mol. The van der Waals surface area contributed by atoms with E-state index in [9.17, 15) is 9.90 Å². The van der Waals surface area contributed by atoms with Gasteiger partial charge in [0.25, 0.3) is 0 Å². The molecule has 0 aliphatic rings. The van der Waals surface area contributed by atoms with Crippen molar-refractivity contribution in [3.8, 4) is 5.75 Å². The molecule has 0 N–H and O–H groups in total. The largest absolute Gasteiger partial charge is 0.459 e. The van der Waals surface area contributed by atoms with E-state index in [0.717, 1.165) is 6.42 Å². The Morgan fingerprint density at radius 3 is 2.64 bits per heavy atom. The van der Waals surface area contributed by atoms with Gasteiger partial charge in [-0.2, -0.15) is 0 Å². The van der Waals surface area contributed by atoms with Gasteiger partial charge in [-0.3, -0.25) is 5.11 Å². The molecule has 0 heterocycles. The normalized spacial score (nSPS) is 12.1. The molecule has 0 aromatic heterocycles. The molecule has 0 bridgehead atoms. The summed E-state index contributed by atoms with van der Waals surface area (Å²) in [6, 6.07) is 6.08. The molecule has 3 heteroatoms. The van der Waals surface area contributed by atoms with E-state index in [1.54, 1.807) is 19.1 Å². The molecule has 3 nitrogen and oxygen atoms in total. The van der Waals surface area contributed by atoms with E-state index in [4.69, 9.17) is 4.74 Å². The molecule has 0 fully saturated rings. The zero-order valence-electron chi connectivity index (χ0n) is 8.32. The number of esters is 1. The van der Waals surface area contributed by atoms with E-state index in [1.165, 1.54) is 12.1 Å². The summed E-state index contributed by atoms with van der Waals surface area (Å²) < 4.78 is 5.03. The van der Waals surface area contributed by atoms with Gasteiger partial charge in [0.2, 0.25) is 0 Å². The van der Waals surface area contributed by atoms with Crippen LogP contribution in [0.5, 0.6) is 5.75 Å². The van der Waals surface area contributed by atoms with Crippen LogP contribution in [-0.2, 0) is 9.84 Å². The fourth-order valence-corrected chi connectivity index (χ4v) is 0.965. The van der Waals surface area contributed by atoms with Gasteiger partial charge >= 0.3 is 5.97 Å². The number of hydrogen-bond donors (Lipinski definition) is 0. The summed E-state index contributed by atoms with van der Waals surface area (Å²) in [6.45, 7) is 3.71. The number of para-hydroxylation sites is 1. The van der Waals surface area contributed by atoms with Crippen LogP contribution in [0.2, 0.25) is 0 Å². The summed E-state index contributed by atoms with van der Waals surface area (Å²) in [5.74, 6) is -0.828. The maximum atomic E-state index is 11.4. The standard InChI is InChI=1S/C11H13O3/c1-3-8(2)14-11(13)9-6-4-5-7-10(9)12/h4-8H,3H2,1-2H3. The van der Waals surface area contributed by atoms with Crippen molar-refractivity contribution in [3.63, 3.8) is 0 Å². The molecule has 0 aliphatic heterocycles. The number of carbonyl (C=O) groups is 1. The smallest absolute Gasteiger partial charge is 0.342 e. The third-order valence-corrected chi connectivity index (χ3v) is 1.99. The van der Waals surface area contributed by atoms with Gasteiger partial charge in [-0.15, -0.1) is 0 Å². The third kappa shape index (κ3) is 2.49. The SMILES string of the molecule is CCC(C)OC(=O)c1ccccc1[O]. The first-order chi connectivity index (χ1) is 6.65. The minimum absolute atomic E-state index is 0.104. The maximum absolute atomic E-state index is 11.4. The molecule has 1 radical (unpaired) electrons. The number of ether oxygens (including phenoxy) is 1. The molecule has 1 atom stereocenters. The van der Waals surface area contributed by atoms with Crippen molar-refractivity contribution in [2.24, 2.45) is 0 Å². The van der Waals surface area contributed by atoms with Crippen molar-refractivity contribution in [3.05, 3.63) is 29.8 Å². The Kier molecular flexibility index (Phi) is 3.51. The highest BCUT2D eigenvalue weighted by Gasteiger charge is 2.14. The Balaban J connectivity index is 2.75. The van der Waals surface area contributed by atoms with Crippen LogP contribution in [0, 0.1) is 0 Å². The average molecular weight is 193 g/mol. The second-order valence-corrected chi connectivity index (χ2v) is 3.12. The van der Waals surface area contributed by atoms with Gasteiger partial charge in [0, 0.05) is 0 Å². The highest BCUT2D eigenvalue weighted by molar-refractivity contribution is 5.92. The molecule has 0 spiro atoms. The molecule has 0 saturated carbocycles. The molecule has 1 rings (SSSR count). The summed E-state index contributed by atoms with van der Waals surface area (Å²) in [7, 11) is 0. The summed E-state index contributed by atoms with van der Waals surface area (Å²) in [6.07, 6.45) is 0.592. The summed E-state index contributed by atoms with van der Waals surface area (Å²) in [5.41, 5.74) is 0.104. The minimum Gasteiger partial charge on any atom is -0.459 e. The van der Waals surface area contributed by atoms with Crippen LogP contribution in [-0.4, -0.2) is 12.1 Å². The van der Waals surface area contributed by atoms with Crippen molar-refractivity contribution < 1.29 is 14.6 Å². The van der Waals surface area contributed by atoms with Crippen LogP contribution >= 0.6 is 0 Å². The van der Waals surface area contributed by atoms with Gasteiger partial charge in [0.1, 0.15) is 5.56 Å². The van der Waals surface area contributed by atoms with Crippen LogP contribution in [0.25, 0.3) is 0 Å². The van der Waals surface area contributed by atoms with Crippen molar-refractivity contribution in [1.29, 1.82) is 0 Å². The lowest BCUT2D eigenvalue weighted by molar-refractivity contribution is 0.0329. The quantitative estimate of drug-likeness (QED) is 0.693. The van der Waals surface area contributed by atoms with Crippen LogP contribution < -0.4 is 0 Å². The van der Waals surface area contributed by atoms with E-state index < -0.39 is 5.97 Å². The Bertz CT molecular complexity index is 320. The van der Waals surface area contributed by atoms with Gasteiger partial charge < -0.3 is 4.74 Å². The van der Waals surface area contributed by atoms with Crippen molar-refractivity contribution in [2.75, 3.05) is 0 Å². The maximum Gasteiger partial charge on any atom is 0.342 e. The molecular formula is C11H13O3. The lowest BCUT2D eigenvalue weighted by Crippen LogP contribution is -2.13. The van der Waals surface area contributed by atoms with Crippen molar-refractivity contribution in [1.82, 2.24) is 0 Å². The van der Waals surface area contributed by atoms with Crippen LogP contribution in [0.3, 0.4) is 0 Å². The highest BCUT2D eigenvalue weighted by Crippen LogP contribution is 2.18. The first kappa shape index (κ1) is 10.6. The fraction of sp³-hybridized carbons (Fsp3) is 0.364. The summed E-state index contributed by atoms with van der Waals surface area (Å²) in [5, 5.41) is 11.2. The first-order valence-electron chi connectivity index (χ1n) is 4.62. The monoisotopic (exact) mass is 193 g/mol. The second kappa shape index (κ2) is 4.65. The minimum atomic E-state index is -0.537. The second-order valence-electron chi connectivity index (χ2n) is 3.12. The molecule has 0 aliphatic carbocycles. The number of rotatable bonds is 3. The van der Waals surface area contributed by atoms with E-state index in [1.807, 2.05) is 6.92 Å². The van der Waals surface area contributed by atoms with Gasteiger partial charge in [-0.1, -0.05) is 19.1 Å². The predicted octanol–water partition coefficient (Wildman–Crippen LogP) is 2.79. The summed E-state index contributed by atoms with van der Waals surface area (Å²) in [4.78, 5) is 11.4. The lowest BCUT2D eigenvalue weighted by Gasteiger charge is -2.10. The van der Waals surface area contributed by atoms with Gasteiger partial charge in [0.15, 0.2) is 5.75 Å². The number of carbonyl (C=O) groups excluding carboxylic acids is 1. The number of benzene rings is 1. The van der Waals surface area contributed by atoms with Gasteiger partial charge in [0.05, 0.1) is 6.10 Å². The Morgan fingerprint density at radius 2 is 2.07 bits per heavy atom. The molecule has 0 saturated heterocycles. The van der Waals surface area contributed by atoms with Crippen molar-refractivity contribution >= 4 is 5.97 Å². The van der Waals surface area contributed by atoms with Gasteiger partial charge in [-0.25, -0.2) is 4.79 Å². The first-order valence-corrected chi connectivity index (χ1v) is 4.62. The fourth-order valence-electron chi connectivity index (χ4n) is 0.965. The molecule has 1 aromatic rings. The van der Waals surface area contributed by atoms with Crippen LogP contribution in [0.1, 0.15) is 30.6 Å². The molecule has 1 aromatic carbocycles. The third-order valence-electron chi connectivity index (χ3n) is 1.99. The Morgan fingerprint density at radius 1 is 1.43 bits per heavy atom. The topological polar surface area (TPSA) is 46.2 Å². The predicted molar refractivity (Wildman–Crippen MR) is 51.7 cm³/mol. The van der Waals surface area contributed by atoms with Crippen LogP contribution in [0.4, 0.5) is 0 Å². The van der Waals surface area contributed by atoms with E-state index in [2.05, 4.69) is 0 Å². The van der Waals surface area contributed by atoms with E-state index in [0.29, 0.717) is 0 Å².